The molecule has 12 rings (SSSR count). The number of amides is 4. The molecular weight excluding hydrogens is 1950 g/mol. The average molecular weight is 2040 g/mol. The van der Waals surface area contributed by atoms with Crippen LogP contribution in [0.3, 0.4) is 0 Å². The Hall–Kier alpha value is -16.9. The number of esters is 4. The minimum absolute atomic E-state index is 0.0302. The van der Waals surface area contributed by atoms with Gasteiger partial charge in [-0.2, -0.15) is 5.11 Å². The van der Waals surface area contributed by atoms with Crippen molar-refractivity contribution >= 4 is 163 Å². The lowest BCUT2D eigenvalue weighted by Crippen LogP contribution is -2.42. The number of nitrogens with zero attached hydrogens (tertiary/aromatic N) is 3. The van der Waals surface area contributed by atoms with Gasteiger partial charge >= 0.3 is 53.7 Å². The summed E-state index contributed by atoms with van der Waals surface area (Å²) in [4.78, 5) is 163. The van der Waals surface area contributed by atoms with Gasteiger partial charge in [-0.05, 0) is 219 Å². The Bertz CT molecular complexity index is 6890. The highest BCUT2D eigenvalue weighted by Crippen LogP contribution is 2.39. The normalized spacial score (nSPS) is 11.7. The first-order valence-corrected chi connectivity index (χ1v) is 45.6. The van der Waals surface area contributed by atoms with Crippen molar-refractivity contribution in [3.63, 3.8) is 0 Å². The summed E-state index contributed by atoms with van der Waals surface area (Å²) in [5, 5.41) is 107. The maximum absolute atomic E-state index is 14.3. The number of aromatic hydroxyl groups is 1. The van der Waals surface area contributed by atoms with Gasteiger partial charge in [0.05, 0.1) is 39.9 Å². The number of rotatable bonds is 37. The van der Waals surface area contributed by atoms with E-state index in [4.69, 9.17) is 68.6 Å². The van der Waals surface area contributed by atoms with E-state index < -0.39 is 134 Å². The van der Waals surface area contributed by atoms with Crippen LogP contribution in [0.2, 0.25) is 0 Å². The molecule has 11 aromatic rings. The number of nitrogens with one attached hydrogen (secondary N) is 8. The van der Waals surface area contributed by atoms with E-state index in [0.29, 0.717) is 51.7 Å². The second kappa shape index (κ2) is 47.7. The van der Waals surface area contributed by atoms with Gasteiger partial charge in [0.15, 0.2) is 52.3 Å². The third kappa shape index (κ3) is 29.8. The number of amidine groups is 4. The van der Waals surface area contributed by atoms with Crippen LogP contribution in [-0.4, -0.2) is 150 Å². The summed E-state index contributed by atoms with van der Waals surface area (Å²) in [7, 11) is 0. The standard InChI is InChI=1S/C27H26FN3O7S.C25H22FN3O7S.C25H24FN3O6S.C20H21FN6O3S/c1-3-27(4-2,26(37)31-17-10-15(23(32)33)9-16(11-17)24(34)35)13-18-6-8-21(39-18)25(36)38-20-7-5-14(22(29)30)12-19(20)28;1-25(2,24(35)29-13-4-6-15(21(30)31)16(10-13)22(32)33)11-14-5-8-19(37-14)23(34)36-18-7-3-12(20(27)28)9-17(18)26;1-25(2,24(34)29-20(22(31)32)13-3-6-15(30)7-4-13)12-16-8-10-19(36-16)23(33)35-18-9-5-14(21(27)28)11-17(18)26;1-20(2,19(29)24-9-12-10-25-27-26-12)8-13-4-6-16(31-13)18(28)30-15-5-3-11(17(22)23)7-14(15)21/h5-12H,3-4,13H2,1-2H3,(H3,29,30)(H,31,37)(H,32,33)(H,34,35);3-10H,11H2,1-2H3,(H3,27,28)(H,29,35)(H,30,31)(H,32,33);3-11,20,30H,12H2,1-2H3,(H3,27,28)(H,29,34)(H,31,32);3-7H,8-10H2,1-2H3,(H3,22,23)(H,24,29)/t;;20-;/m..1./s1. The van der Waals surface area contributed by atoms with Crippen molar-refractivity contribution in [1.82, 2.24) is 10.6 Å². The van der Waals surface area contributed by atoms with E-state index in [2.05, 4.69) is 36.7 Å². The topological polar surface area (TPSA) is 665 Å². The van der Waals surface area contributed by atoms with Crippen molar-refractivity contribution in [2.24, 2.45) is 60.0 Å². The van der Waals surface area contributed by atoms with Crippen LogP contribution in [0.1, 0.15) is 202 Å². The number of ether oxygens (including phenoxy) is 4. The third-order valence-electron chi connectivity index (χ3n) is 21.4. The first-order chi connectivity index (χ1) is 67.2. The van der Waals surface area contributed by atoms with Gasteiger partial charge in [0.2, 0.25) is 23.6 Å². The van der Waals surface area contributed by atoms with E-state index >= 15 is 0 Å². The lowest BCUT2D eigenvalue weighted by Gasteiger charge is -2.30. The molecule has 4 aromatic heterocycles. The lowest BCUT2D eigenvalue weighted by molar-refractivity contribution is -0.143. The quantitative estimate of drug-likeness (QED) is 0.00565. The number of benzene rings is 7. The van der Waals surface area contributed by atoms with Crippen LogP contribution in [0.25, 0.3) is 0 Å². The van der Waals surface area contributed by atoms with Crippen LogP contribution >= 0.6 is 45.3 Å². The summed E-state index contributed by atoms with van der Waals surface area (Å²) in [5.74, 6) is -17.3. The minimum atomic E-state index is -1.44. The zero-order valence-electron chi connectivity index (χ0n) is 77.0. The van der Waals surface area contributed by atoms with E-state index in [9.17, 15) is 105 Å². The largest absolute Gasteiger partial charge is 0.508 e. The number of phenols is 1. The van der Waals surface area contributed by atoms with Crippen molar-refractivity contribution in [2.75, 3.05) is 23.7 Å². The molecule has 4 amide bonds. The Morgan fingerprint density at radius 2 is 0.748 bits per heavy atom. The number of aromatic carboxylic acids is 4. The van der Waals surface area contributed by atoms with Gasteiger partial charge in [0.25, 0.3) is 0 Å². The molecule has 22 N–H and O–H groups in total. The second-order valence-corrected chi connectivity index (χ2v) is 38.1. The molecule has 0 bridgehead atoms. The highest BCUT2D eigenvalue weighted by atomic mass is 32.1. The highest BCUT2D eigenvalue weighted by Gasteiger charge is 2.39. The van der Waals surface area contributed by atoms with E-state index in [1.54, 1.807) is 71.9 Å². The Kier molecular flexibility index (Phi) is 36.6. The number of nitrogens with two attached hydrogens (primary N) is 4. The molecule has 746 valence electrons. The molecule has 143 heavy (non-hydrogen) atoms. The number of carboxylic acid groups (broad SMARTS) is 5. The minimum Gasteiger partial charge on any atom is -0.508 e. The van der Waals surface area contributed by atoms with E-state index in [1.807, 2.05) is 13.8 Å². The van der Waals surface area contributed by atoms with Crippen molar-refractivity contribution in [1.29, 1.82) is 21.6 Å². The maximum atomic E-state index is 14.3. The number of carbonyl (C=O) groups is 13. The molecule has 1 atom stereocenters. The molecule has 1 aliphatic rings. The van der Waals surface area contributed by atoms with Crippen molar-refractivity contribution in [2.45, 2.75) is 100.0 Å². The summed E-state index contributed by atoms with van der Waals surface area (Å²) in [6.07, 6.45) is 1.82. The molecule has 1 aliphatic heterocycles. The highest BCUT2D eigenvalue weighted by molar-refractivity contribution is 7.15. The van der Waals surface area contributed by atoms with Crippen molar-refractivity contribution in [3.05, 3.63) is 294 Å². The fourth-order valence-electron chi connectivity index (χ4n) is 13.2. The monoisotopic (exact) mass is 2040 g/mol. The van der Waals surface area contributed by atoms with Crippen molar-refractivity contribution in [3.8, 4) is 28.7 Å². The number of thiophene rings is 4. The summed E-state index contributed by atoms with van der Waals surface area (Å²) < 4.78 is 77.2. The number of carboxylic acids is 5. The molecule has 46 heteroatoms. The molecule has 38 nitrogen and oxygen atoms in total. The SMILES string of the molecule is CC(C)(Cc1ccc(C(=O)Oc2ccc(C(=N)N)cc2F)s1)C(=O)NCC1=NN=NC1.CC(C)(Cc1ccc(C(=O)Oc2ccc(C(=N)N)cc2F)s1)C(=O)N[C@@H](C(=O)O)c1ccc(O)cc1.CC(C)(Cc1ccc(C(=O)Oc2ccc(C(=N)N)cc2F)s1)C(=O)Nc1ccc(C(=O)O)c(C(=O)O)c1.CCC(CC)(Cc1ccc(C(=O)Oc2ccc(C(=N)N)cc2F)s1)C(=O)Nc1cc(C(=O)O)cc(C(=O)O)c1. The second-order valence-electron chi connectivity index (χ2n) is 33.5. The Balaban J connectivity index is 0.000000213. The summed E-state index contributed by atoms with van der Waals surface area (Å²) in [6, 6.07) is 38.1. The van der Waals surface area contributed by atoms with E-state index in [0.717, 1.165) is 81.4 Å². The van der Waals surface area contributed by atoms with Crippen molar-refractivity contribution < 1.29 is 129 Å². The van der Waals surface area contributed by atoms with Crippen LogP contribution in [-0.2, 0) is 49.7 Å². The number of carbonyl (C=O) groups excluding carboxylic acids is 8. The predicted molar refractivity (Wildman–Crippen MR) is 521 cm³/mol. The number of hydrogen-bond donors (Lipinski definition) is 18. The van der Waals surface area contributed by atoms with Gasteiger partial charge in [-0.3, -0.25) is 40.8 Å². The molecule has 0 saturated carbocycles. The zero-order valence-corrected chi connectivity index (χ0v) is 80.2. The molecule has 5 heterocycles. The molecule has 7 aromatic carbocycles. The van der Waals surface area contributed by atoms with Gasteiger partial charge in [0, 0.05) is 69.4 Å². The van der Waals surface area contributed by atoms with Gasteiger partial charge in [-0.25, -0.2) is 60.7 Å². The van der Waals surface area contributed by atoms with E-state index in [-0.39, 0.29) is 148 Å². The molecule has 0 saturated heterocycles. The fraction of sp³-hybridized carbons (Fsp3) is 0.216. The zero-order chi connectivity index (χ0) is 106. The van der Waals surface area contributed by atoms with Gasteiger partial charge in [0.1, 0.15) is 55.1 Å². The molecule has 0 radical (unpaired) electrons. The van der Waals surface area contributed by atoms with Gasteiger partial charge < -0.3 is 93.8 Å². The molecular formula is C97H93F4N15O23S4. The molecule has 0 spiro atoms. The molecule has 0 unspecified atom stereocenters. The van der Waals surface area contributed by atoms with Crippen LogP contribution in [0.15, 0.2) is 197 Å². The molecule has 0 fully saturated rings. The van der Waals surface area contributed by atoms with E-state index in [1.165, 1.54) is 121 Å². The summed E-state index contributed by atoms with van der Waals surface area (Å²) in [6.45, 7) is 14.5. The van der Waals surface area contributed by atoms with Crippen LogP contribution in [0, 0.1) is 66.6 Å². The Morgan fingerprint density at radius 3 is 1.07 bits per heavy atom. The number of phenolic OH excluding ortho intramolecular Hbond substituents is 1. The number of halogens is 4. The number of hydrogen-bond acceptors (Lipinski definition) is 29. The van der Waals surface area contributed by atoms with Crippen LogP contribution in [0.4, 0.5) is 28.9 Å². The predicted octanol–water partition coefficient (Wildman–Crippen LogP) is 15.3. The third-order valence-corrected chi connectivity index (χ3v) is 25.7. The van der Waals surface area contributed by atoms with Gasteiger partial charge in [-0.1, -0.05) is 67.5 Å². The Labute approximate surface area is 826 Å². The molecule has 0 aliphatic carbocycles. The summed E-state index contributed by atoms with van der Waals surface area (Å²) >= 11 is 4.39. The Morgan fingerprint density at radius 1 is 0.399 bits per heavy atom. The smallest absolute Gasteiger partial charge is 0.353 e. The number of aliphatic carboxylic acids is 1. The number of nitrogen functional groups attached to an aromatic ring is 4. The number of anilines is 2. The van der Waals surface area contributed by atoms with Gasteiger partial charge in [-0.15, -0.1) is 50.4 Å². The first-order valence-electron chi connectivity index (χ1n) is 42.4. The van der Waals surface area contributed by atoms with Crippen LogP contribution < -0.4 is 63.1 Å². The average Bonchev–Trinajstić information content (AvgIpc) is 1.79. The fourth-order valence-corrected chi connectivity index (χ4v) is 17.6. The summed E-state index contributed by atoms with van der Waals surface area (Å²) in [5.41, 5.74) is 17.9. The maximum Gasteiger partial charge on any atom is 0.353 e. The van der Waals surface area contributed by atoms with Crippen LogP contribution in [0.5, 0.6) is 28.7 Å². The lowest BCUT2D eigenvalue weighted by atomic mass is 9.77. The first kappa shape index (κ1) is 110.